The van der Waals surface area contributed by atoms with Gasteiger partial charge in [-0.1, -0.05) is 24.4 Å². The van der Waals surface area contributed by atoms with Gasteiger partial charge in [0.2, 0.25) is 0 Å². The minimum absolute atomic E-state index is 0.198. The first-order valence-corrected chi connectivity index (χ1v) is 6.83. The third-order valence-electron chi connectivity index (χ3n) is 3.55. The Morgan fingerprint density at radius 3 is 2.89 bits per heavy atom. The maximum atomic E-state index is 11.9. The molecule has 1 saturated carbocycles. The molecule has 1 aliphatic carbocycles. The molecule has 0 radical (unpaired) electrons. The summed E-state index contributed by atoms with van der Waals surface area (Å²) in [7, 11) is 0. The third kappa shape index (κ3) is 3.58. The number of nitrogen functional groups attached to an aromatic ring is 1. The highest BCUT2D eigenvalue weighted by atomic mass is 35.5. The van der Waals surface area contributed by atoms with Gasteiger partial charge in [0.25, 0.3) is 5.91 Å². The van der Waals surface area contributed by atoms with E-state index >= 15 is 0 Å². The lowest BCUT2D eigenvalue weighted by Crippen LogP contribution is -2.35. The molecule has 0 spiro atoms. The van der Waals surface area contributed by atoms with Gasteiger partial charge in [-0.3, -0.25) is 4.79 Å². The molecule has 1 amide bonds. The zero-order valence-corrected chi connectivity index (χ0v) is 11.4. The molecule has 104 valence electrons. The Bertz CT molecular complexity index is 461. The smallest absolute Gasteiger partial charge is 0.252 e. The van der Waals surface area contributed by atoms with Gasteiger partial charge < -0.3 is 16.2 Å². The average molecular weight is 284 g/mol. The van der Waals surface area contributed by atoms with E-state index in [-0.39, 0.29) is 23.3 Å². The van der Waals surface area contributed by atoms with Crippen molar-refractivity contribution in [3.63, 3.8) is 0 Å². The van der Waals surface area contributed by atoms with Crippen molar-refractivity contribution < 1.29 is 9.90 Å². The molecule has 0 aliphatic heterocycles. The van der Waals surface area contributed by atoms with Crippen LogP contribution in [0.5, 0.6) is 0 Å². The van der Waals surface area contributed by atoms with Crippen molar-refractivity contribution >= 4 is 23.3 Å². The van der Waals surface area contributed by atoms with Crippen LogP contribution >= 0.6 is 11.6 Å². The summed E-state index contributed by atoms with van der Waals surface area (Å²) in [4.78, 5) is 15.7. The van der Waals surface area contributed by atoms with E-state index in [9.17, 15) is 9.90 Å². The highest BCUT2D eigenvalue weighted by molar-refractivity contribution is 6.33. The van der Waals surface area contributed by atoms with E-state index in [1.807, 2.05) is 0 Å². The summed E-state index contributed by atoms with van der Waals surface area (Å²) >= 11 is 5.81. The Kier molecular flexibility index (Phi) is 4.61. The molecular weight excluding hydrogens is 266 g/mol. The number of carbonyl (C=O) groups is 1. The first-order chi connectivity index (χ1) is 9.08. The number of halogens is 1. The number of carbonyl (C=O) groups excluding carboxylic acids is 1. The first kappa shape index (κ1) is 14.1. The van der Waals surface area contributed by atoms with E-state index in [2.05, 4.69) is 10.3 Å². The van der Waals surface area contributed by atoms with Gasteiger partial charge in [0.1, 0.15) is 5.82 Å². The van der Waals surface area contributed by atoms with Gasteiger partial charge in [0.05, 0.1) is 16.7 Å². The second-order valence-electron chi connectivity index (χ2n) is 4.91. The van der Waals surface area contributed by atoms with Gasteiger partial charge in [-0.2, -0.15) is 0 Å². The highest BCUT2D eigenvalue weighted by Gasteiger charge is 2.23. The second-order valence-corrected chi connectivity index (χ2v) is 5.32. The molecule has 1 fully saturated rings. The topological polar surface area (TPSA) is 88.2 Å². The van der Waals surface area contributed by atoms with E-state index in [1.54, 1.807) is 0 Å². The van der Waals surface area contributed by atoms with Gasteiger partial charge in [0.15, 0.2) is 0 Å². The van der Waals surface area contributed by atoms with Crippen molar-refractivity contribution in [3.05, 3.63) is 22.8 Å². The zero-order chi connectivity index (χ0) is 13.8. The molecule has 0 aromatic carbocycles. The minimum atomic E-state index is -0.483. The van der Waals surface area contributed by atoms with Crippen LogP contribution in [0.4, 0.5) is 5.82 Å². The molecule has 1 aliphatic rings. The zero-order valence-electron chi connectivity index (χ0n) is 10.6. The summed E-state index contributed by atoms with van der Waals surface area (Å²) in [5, 5.41) is 12.9. The van der Waals surface area contributed by atoms with Crippen LogP contribution < -0.4 is 11.1 Å². The van der Waals surface area contributed by atoms with Gasteiger partial charge in [0, 0.05) is 12.7 Å². The average Bonchev–Trinajstić information content (AvgIpc) is 2.92. The first-order valence-electron chi connectivity index (χ1n) is 6.45. The fraction of sp³-hybridized carbons (Fsp3) is 0.538. The molecule has 1 aromatic rings. The van der Waals surface area contributed by atoms with E-state index in [0.717, 1.165) is 25.7 Å². The molecule has 4 N–H and O–H groups in total. The van der Waals surface area contributed by atoms with Crippen molar-refractivity contribution in [1.29, 1.82) is 0 Å². The van der Waals surface area contributed by atoms with E-state index < -0.39 is 6.10 Å². The molecule has 6 heteroatoms. The van der Waals surface area contributed by atoms with E-state index in [4.69, 9.17) is 17.3 Å². The molecule has 1 heterocycles. The number of hydrogen-bond donors (Lipinski definition) is 3. The summed E-state index contributed by atoms with van der Waals surface area (Å²) in [6.45, 7) is 0.255. The lowest BCUT2D eigenvalue weighted by molar-refractivity contribution is 0.0840. The number of nitrogens with one attached hydrogen (secondary N) is 1. The molecule has 19 heavy (non-hydrogen) atoms. The molecule has 0 bridgehead atoms. The van der Waals surface area contributed by atoms with E-state index in [0.29, 0.717) is 11.5 Å². The lowest BCUT2D eigenvalue weighted by Gasteiger charge is -2.18. The van der Waals surface area contributed by atoms with Crippen molar-refractivity contribution in [2.45, 2.75) is 31.8 Å². The number of anilines is 1. The predicted molar refractivity (Wildman–Crippen MR) is 74.0 cm³/mol. The van der Waals surface area contributed by atoms with Crippen LogP contribution in [0.15, 0.2) is 12.3 Å². The number of amides is 1. The van der Waals surface area contributed by atoms with Gasteiger partial charge in [-0.05, 0) is 24.8 Å². The van der Waals surface area contributed by atoms with Crippen LogP contribution in [0.1, 0.15) is 36.0 Å². The summed E-state index contributed by atoms with van der Waals surface area (Å²) in [5.41, 5.74) is 5.82. The van der Waals surface area contributed by atoms with Crippen LogP contribution in [0.25, 0.3) is 0 Å². The fourth-order valence-electron chi connectivity index (χ4n) is 2.38. The van der Waals surface area contributed by atoms with Crippen LogP contribution in [-0.2, 0) is 0 Å². The summed E-state index contributed by atoms with van der Waals surface area (Å²) in [6, 6.07) is 1.47. The Hall–Kier alpha value is -1.33. The van der Waals surface area contributed by atoms with Crippen LogP contribution in [-0.4, -0.2) is 28.6 Å². The summed E-state index contributed by atoms with van der Waals surface area (Å²) in [6.07, 6.45) is 5.28. The largest absolute Gasteiger partial charge is 0.391 e. The molecule has 1 atom stereocenters. The number of pyridine rings is 1. The maximum Gasteiger partial charge on any atom is 0.252 e. The third-order valence-corrected chi connectivity index (χ3v) is 3.85. The van der Waals surface area contributed by atoms with Crippen molar-refractivity contribution in [2.75, 3.05) is 12.3 Å². The number of aromatic nitrogens is 1. The van der Waals surface area contributed by atoms with Gasteiger partial charge in [-0.15, -0.1) is 0 Å². The standard InChI is InChI=1S/C13H18ClN3O2/c14-10-5-9(6-16-12(10)15)13(19)17-7-11(18)8-3-1-2-4-8/h5-6,8,11,18H,1-4,7H2,(H2,15,16)(H,17,19). The number of rotatable bonds is 4. The van der Waals surface area contributed by atoms with Crippen molar-refractivity contribution in [1.82, 2.24) is 10.3 Å². The van der Waals surface area contributed by atoms with Gasteiger partial charge >= 0.3 is 0 Å². The monoisotopic (exact) mass is 283 g/mol. The second kappa shape index (κ2) is 6.21. The Labute approximate surface area is 117 Å². The van der Waals surface area contributed by atoms with Gasteiger partial charge in [-0.25, -0.2) is 4.98 Å². The number of aliphatic hydroxyl groups is 1. The number of hydrogen-bond acceptors (Lipinski definition) is 4. The Morgan fingerprint density at radius 1 is 1.58 bits per heavy atom. The normalized spacial score (nSPS) is 17.4. The van der Waals surface area contributed by atoms with Crippen LogP contribution in [0.2, 0.25) is 5.02 Å². The Morgan fingerprint density at radius 2 is 2.26 bits per heavy atom. The fourth-order valence-corrected chi connectivity index (χ4v) is 2.55. The molecule has 1 aromatic heterocycles. The van der Waals surface area contributed by atoms with Crippen molar-refractivity contribution in [2.24, 2.45) is 5.92 Å². The molecule has 0 saturated heterocycles. The summed E-state index contributed by atoms with van der Waals surface area (Å²) in [5.74, 6) is 0.198. The van der Waals surface area contributed by atoms with Crippen molar-refractivity contribution in [3.8, 4) is 0 Å². The number of aliphatic hydroxyl groups excluding tert-OH is 1. The maximum absolute atomic E-state index is 11.9. The summed E-state index contributed by atoms with van der Waals surface area (Å²) < 4.78 is 0. The highest BCUT2D eigenvalue weighted by Crippen LogP contribution is 2.27. The quantitative estimate of drug-likeness (QED) is 0.783. The minimum Gasteiger partial charge on any atom is -0.391 e. The molecule has 2 rings (SSSR count). The number of nitrogens with two attached hydrogens (primary N) is 1. The SMILES string of the molecule is Nc1ncc(C(=O)NCC(O)C2CCCC2)cc1Cl. The number of nitrogens with zero attached hydrogens (tertiary/aromatic N) is 1. The van der Waals surface area contributed by atoms with Crippen LogP contribution in [0.3, 0.4) is 0 Å². The van der Waals surface area contributed by atoms with E-state index in [1.165, 1.54) is 12.3 Å². The molecular formula is C13H18ClN3O2. The molecule has 5 nitrogen and oxygen atoms in total. The Balaban J connectivity index is 1.88. The lowest BCUT2D eigenvalue weighted by atomic mass is 10.0. The van der Waals surface area contributed by atoms with Crippen LogP contribution in [0, 0.1) is 5.92 Å². The predicted octanol–water partition coefficient (Wildman–Crippen LogP) is 1.60. The molecule has 1 unspecified atom stereocenters.